The van der Waals surface area contributed by atoms with Crippen molar-refractivity contribution in [2.24, 2.45) is 5.92 Å². The van der Waals surface area contributed by atoms with E-state index in [4.69, 9.17) is 0 Å². The number of aromatic nitrogens is 1. The molecule has 3 heterocycles. The summed E-state index contributed by atoms with van der Waals surface area (Å²) in [7, 11) is 0. The fourth-order valence-electron chi connectivity index (χ4n) is 3.17. The predicted molar refractivity (Wildman–Crippen MR) is 87.7 cm³/mol. The summed E-state index contributed by atoms with van der Waals surface area (Å²) in [4.78, 5) is 18.9. The van der Waals surface area contributed by atoms with Crippen LogP contribution in [0.25, 0.3) is 0 Å². The van der Waals surface area contributed by atoms with Gasteiger partial charge in [0.05, 0.1) is 6.04 Å². The monoisotopic (exact) mass is 302 g/mol. The second kappa shape index (κ2) is 7.09. The maximum absolute atomic E-state index is 12.0. The molecule has 2 N–H and O–H groups in total. The molecule has 22 heavy (non-hydrogen) atoms. The third kappa shape index (κ3) is 3.77. The minimum atomic E-state index is -0.0115. The highest BCUT2D eigenvalue weighted by Crippen LogP contribution is 2.21. The van der Waals surface area contributed by atoms with Gasteiger partial charge in [0.25, 0.3) is 0 Å². The molecule has 2 saturated heterocycles. The number of anilines is 1. The molecule has 1 atom stereocenters. The van der Waals surface area contributed by atoms with E-state index in [1.54, 1.807) is 0 Å². The van der Waals surface area contributed by atoms with Crippen molar-refractivity contribution >= 4 is 11.7 Å². The van der Waals surface area contributed by atoms with Gasteiger partial charge in [0, 0.05) is 25.8 Å². The largest absolute Gasteiger partial charge is 0.357 e. The van der Waals surface area contributed by atoms with Crippen LogP contribution in [0.2, 0.25) is 0 Å². The zero-order valence-corrected chi connectivity index (χ0v) is 13.3. The Balaban J connectivity index is 1.50. The molecule has 0 aliphatic carbocycles. The molecule has 1 amide bonds. The van der Waals surface area contributed by atoms with Crippen molar-refractivity contribution in [2.75, 3.05) is 24.5 Å². The summed E-state index contributed by atoms with van der Waals surface area (Å²) in [5.41, 5.74) is 1.06. The van der Waals surface area contributed by atoms with Gasteiger partial charge >= 0.3 is 0 Å². The summed E-state index contributed by atoms with van der Waals surface area (Å²) in [5, 5.41) is 6.20. The Morgan fingerprint density at radius 1 is 1.36 bits per heavy atom. The van der Waals surface area contributed by atoms with E-state index in [0.717, 1.165) is 49.8 Å². The van der Waals surface area contributed by atoms with Gasteiger partial charge in [0.15, 0.2) is 0 Å². The van der Waals surface area contributed by atoms with Gasteiger partial charge in [-0.3, -0.25) is 4.79 Å². The van der Waals surface area contributed by atoms with Crippen LogP contribution in [0, 0.1) is 5.92 Å². The maximum atomic E-state index is 12.0. The van der Waals surface area contributed by atoms with Crippen LogP contribution in [-0.2, 0) is 11.3 Å². The van der Waals surface area contributed by atoms with Crippen LogP contribution >= 0.6 is 0 Å². The number of amides is 1. The van der Waals surface area contributed by atoms with Gasteiger partial charge in [-0.25, -0.2) is 4.98 Å². The Labute approximate surface area is 132 Å². The fraction of sp³-hybridized carbons (Fsp3) is 0.647. The van der Waals surface area contributed by atoms with Gasteiger partial charge in [-0.05, 0) is 49.8 Å². The number of pyridine rings is 1. The first kappa shape index (κ1) is 15.3. The van der Waals surface area contributed by atoms with Crippen molar-refractivity contribution in [2.45, 2.75) is 45.2 Å². The first-order valence-corrected chi connectivity index (χ1v) is 8.43. The number of carbonyl (C=O) groups is 1. The highest BCUT2D eigenvalue weighted by molar-refractivity contribution is 5.81. The molecule has 5 heteroatoms. The molecule has 2 aliphatic heterocycles. The van der Waals surface area contributed by atoms with Gasteiger partial charge in [0.1, 0.15) is 5.82 Å². The lowest BCUT2D eigenvalue weighted by Gasteiger charge is -2.31. The molecule has 2 aliphatic rings. The number of piperidine rings is 1. The van der Waals surface area contributed by atoms with Crippen molar-refractivity contribution in [3.8, 4) is 0 Å². The van der Waals surface area contributed by atoms with E-state index < -0.39 is 0 Å². The molecule has 1 unspecified atom stereocenters. The Morgan fingerprint density at radius 3 is 2.82 bits per heavy atom. The molecule has 0 bridgehead atoms. The molecular weight excluding hydrogens is 276 g/mol. The smallest absolute Gasteiger partial charge is 0.237 e. The first-order valence-electron chi connectivity index (χ1n) is 8.43. The summed E-state index contributed by atoms with van der Waals surface area (Å²) < 4.78 is 0. The molecule has 0 spiro atoms. The molecule has 2 fully saturated rings. The molecular formula is C17H26N4O. The van der Waals surface area contributed by atoms with E-state index in [1.165, 1.54) is 12.8 Å². The molecule has 0 saturated carbocycles. The molecule has 1 aromatic heterocycles. The SMILES string of the molecule is CC1CCN(c2ccc(CNC(=O)C3CCCN3)cn2)CC1. The van der Waals surface area contributed by atoms with E-state index in [2.05, 4.69) is 39.6 Å². The van der Waals surface area contributed by atoms with Gasteiger partial charge in [-0.2, -0.15) is 0 Å². The minimum absolute atomic E-state index is 0.0115. The normalized spacial score (nSPS) is 22.8. The van der Waals surface area contributed by atoms with E-state index in [1.807, 2.05) is 6.20 Å². The third-order valence-electron chi connectivity index (χ3n) is 4.76. The van der Waals surface area contributed by atoms with Crippen LogP contribution in [0.15, 0.2) is 18.3 Å². The Morgan fingerprint density at radius 2 is 2.18 bits per heavy atom. The van der Waals surface area contributed by atoms with Crippen molar-refractivity contribution in [3.05, 3.63) is 23.9 Å². The highest BCUT2D eigenvalue weighted by atomic mass is 16.2. The number of nitrogens with zero attached hydrogens (tertiary/aromatic N) is 2. The van der Waals surface area contributed by atoms with Crippen LogP contribution in [0.5, 0.6) is 0 Å². The molecule has 5 nitrogen and oxygen atoms in total. The first-order chi connectivity index (χ1) is 10.7. The zero-order chi connectivity index (χ0) is 15.4. The number of carbonyl (C=O) groups excluding carboxylic acids is 1. The third-order valence-corrected chi connectivity index (χ3v) is 4.76. The lowest BCUT2D eigenvalue weighted by molar-refractivity contribution is -0.122. The molecule has 1 aromatic rings. The maximum Gasteiger partial charge on any atom is 0.237 e. The Hall–Kier alpha value is -1.62. The van der Waals surface area contributed by atoms with Crippen molar-refractivity contribution in [3.63, 3.8) is 0 Å². The van der Waals surface area contributed by atoms with Crippen LogP contribution in [0.4, 0.5) is 5.82 Å². The van der Waals surface area contributed by atoms with Gasteiger partial charge in [-0.1, -0.05) is 13.0 Å². The lowest BCUT2D eigenvalue weighted by atomic mass is 9.99. The average molecular weight is 302 g/mol. The van der Waals surface area contributed by atoms with E-state index in [-0.39, 0.29) is 11.9 Å². The summed E-state index contributed by atoms with van der Waals surface area (Å²) in [5.74, 6) is 1.99. The Kier molecular flexibility index (Phi) is 4.93. The van der Waals surface area contributed by atoms with Gasteiger partial charge in [0.2, 0.25) is 5.91 Å². The summed E-state index contributed by atoms with van der Waals surface area (Å²) >= 11 is 0. The number of rotatable bonds is 4. The molecule has 0 aromatic carbocycles. The second-order valence-electron chi connectivity index (χ2n) is 6.56. The van der Waals surface area contributed by atoms with Gasteiger partial charge < -0.3 is 15.5 Å². The van der Waals surface area contributed by atoms with Crippen LogP contribution < -0.4 is 15.5 Å². The molecule has 3 rings (SSSR count). The standard InChI is InChI=1S/C17H26N4O/c1-13-6-9-21(10-7-13)16-5-4-14(11-19-16)12-20-17(22)15-3-2-8-18-15/h4-5,11,13,15,18H,2-3,6-10,12H2,1H3,(H,20,22). The van der Waals surface area contributed by atoms with E-state index >= 15 is 0 Å². The summed E-state index contributed by atoms with van der Waals surface area (Å²) in [6.45, 7) is 6.01. The van der Waals surface area contributed by atoms with Crippen LogP contribution in [0.3, 0.4) is 0 Å². The van der Waals surface area contributed by atoms with E-state index in [0.29, 0.717) is 6.54 Å². The predicted octanol–water partition coefficient (Wildman–Crippen LogP) is 1.69. The molecule has 120 valence electrons. The Bertz CT molecular complexity index is 488. The highest BCUT2D eigenvalue weighted by Gasteiger charge is 2.21. The number of nitrogens with one attached hydrogen (secondary N) is 2. The number of hydrogen-bond donors (Lipinski definition) is 2. The van der Waals surface area contributed by atoms with E-state index in [9.17, 15) is 4.79 Å². The quantitative estimate of drug-likeness (QED) is 0.888. The average Bonchev–Trinajstić information content (AvgIpc) is 3.08. The number of hydrogen-bond acceptors (Lipinski definition) is 4. The topological polar surface area (TPSA) is 57.3 Å². The van der Waals surface area contributed by atoms with Crippen molar-refractivity contribution in [1.82, 2.24) is 15.6 Å². The summed E-state index contributed by atoms with van der Waals surface area (Å²) in [6.07, 6.45) is 6.40. The van der Waals surface area contributed by atoms with Crippen LogP contribution in [-0.4, -0.2) is 36.6 Å². The minimum Gasteiger partial charge on any atom is -0.357 e. The van der Waals surface area contributed by atoms with Crippen molar-refractivity contribution < 1.29 is 4.79 Å². The van der Waals surface area contributed by atoms with Crippen LogP contribution in [0.1, 0.15) is 38.2 Å². The fourth-order valence-corrected chi connectivity index (χ4v) is 3.17. The lowest BCUT2D eigenvalue weighted by Crippen LogP contribution is -2.40. The summed E-state index contributed by atoms with van der Waals surface area (Å²) in [6, 6.07) is 4.14. The molecule has 0 radical (unpaired) electrons. The van der Waals surface area contributed by atoms with Gasteiger partial charge in [-0.15, -0.1) is 0 Å². The van der Waals surface area contributed by atoms with Crippen molar-refractivity contribution in [1.29, 1.82) is 0 Å². The zero-order valence-electron chi connectivity index (χ0n) is 13.3. The second-order valence-corrected chi connectivity index (χ2v) is 6.56.